The molecule has 1 aliphatic rings. The van der Waals surface area contributed by atoms with Crippen LogP contribution in [0.5, 0.6) is 0 Å². The van der Waals surface area contributed by atoms with Gasteiger partial charge >= 0.3 is 0 Å². The third kappa shape index (κ3) is 3.54. The number of amides is 2. The van der Waals surface area contributed by atoms with Gasteiger partial charge in [0.05, 0.1) is 5.75 Å². The summed E-state index contributed by atoms with van der Waals surface area (Å²) >= 11 is 1.66. The number of thioether (sulfide) groups is 1. The lowest BCUT2D eigenvalue weighted by molar-refractivity contribution is -0.128. The number of carbonyl (C=O) groups is 2. The van der Waals surface area contributed by atoms with E-state index in [4.69, 9.17) is 0 Å². The zero-order valence-corrected chi connectivity index (χ0v) is 12.9. The highest BCUT2D eigenvalue weighted by molar-refractivity contribution is 8.00. The Morgan fingerprint density at radius 1 is 1.40 bits per heavy atom. The predicted molar refractivity (Wildman–Crippen MR) is 82.5 cm³/mol. The molecule has 0 radical (unpaired) electrons. The maximum absolute atomic E-state index is 12.0. The second-order valence-corrected chi connectivity index (χ2v) is 6.48. The van der Waals surface area contributed by atoms with Gasteiger partial charge in [0.15, 0.2) is 0 Å². The average molecular weight is 292 g/mol. The van der Waals surface area contributed by atoms with Crippen molar-refractivity contribution in [3.63, 3.8) is 0 Å². The first-order valence-electron chi connectivity index (χ1n) is 6.76. The number of anilines is 1. The first kappa shape index (κ1) is 14.9. The van der Waals surface area contributed by atoms with Crippen LogP contribution < -0.4 is 5.32 Å². The molecule has 0 aliphatic carbocycles. The summed E-state index contributed by atoms with van der Waals surface area (Å²) in [4.78, 5) is 24.9. The molecule has 4 nitrogen and oxygen atoms in total. The minimum atomic E-state index is -0.0791. The van der Waals surface area contributed by atoms with Crippen molar-refractivity contribution in [1.82, 2.24) is 4.90 Å². The Morgan fingerprint density at radius 3 is 2.60 bits per heavy atom. The summed E-state index contributed by atoms with van der Waals surface area (Å²) in [5, 5.41) is 2.84. The Labute approximate surface area is 123 Å². The first-order chi connectivity index (χ1) is 9.47. The molecule has 1 N–H and O–H groups in total. The number of hydrogen-bond donors (Lipinski definition) is 1. The second-order valence-electron chi connectivity index (χ2n) is 5.41. The number of rotatable bonds is 4. The molecule has 0 aromatic heterocycles. The van der Waals surface area contributed by atoms with Crippen LogP contribution in [0.1, 0.15) is 31.7 Å². The summed E-state index contributed by atoms with van der Waals surface area (Å²) in [6.45, 7) is 6.51. The van der Waals surface area contributed by atoms with Gasteiger partial charge in [-0.15, -0.1) is 11.8 Å². The fourth-order valence-electron chi connectivity index (χ4n) is 2.26. The van der Waals surface area contributed by atoms with Crippen molar-refractivity contribution in [2.24, 2.45) is 5.92 Å². The van der Waals surface area contributed by atoms with Crippen molar-refractivity contribution in [3.8, 4) is 0 Å². The Bertz CT molecular complexity index is 499. The van der Waals surface area contributed by atoms with Gasteiger partial charge in [-0.3, -0.25) is 9.59 Å². The van der Waals surface area contributed by atoms with Gasteiger partial charge < -0.3 is 10.2 Å². The lowest BCUT2D eigenvalue weighted by Gasteiger charge is -2.26. The summed E-state index contributed by atoms with van der Waals surface area (Å²) in [6.07, 6.45) is 0. The van der Waals surface area contributed by atoms with Gasteiger partial charge in [-0.1, -0.05) is 26.0 Å². The van der Waals surface area contributed by atoms with Crippen molar-refractivity contribution in [2.75, 3.05) is 17.6 Å². The average Bonchev–Trinajstić information content (AvgIpc) is 2.71. The Kier molecular flexibility index (Phi) is 4.70. The largest absolute Gasteiger partial charge is 0.326 e. The van der Waals surface area contributed by atoms with Crippen LogP contribution in [-0.2, 0) is 9.59 Å². The molecule has 1 aliphatic heterocycles. The molecule has 1 saturated heterocycles. The summed E-state index contributed by atoms with van der Waals surface area (Å²) in [7, 11) is 0. The SMILES string of the molecule is CC(=O)Nc1ccc(C2SCC(=O)N2CC(C)C)cc1. The van der Waals surface area contributed by atoms with Crippen LogP contribution in [0.2, 0.25) is 0 Å². The minimum absolute atomic E-state index is 0.0791. The monoisotopic (exact) mass is 292 g/mol. The smallest absolute Gasteiger partial charge is 0.233 e. The summed E-state index contributed by atoms with van der Waals surface area (Å²) < 4.78 is 0. The van der Waals surface area contributed by atoms with E-state index in [1.807, 2.05) is 29.2 Å². The number of carbonyl (C=O) groups excluding carboxylic acids is 2. The van der Waals surface area contributed by atoms with E-state index in [1.165, 1.54) is 6.92 Å². The van der Waals surface area contributed by atoms with E-state index in [-0.39, 0.29) is 17.2 Å². The van der Waals surface area contributed by atoms with Crippen molar-refractivity contribution in [1.29, 1.82) is 0 Å². The molecule has 2 rings (SSSR count). The van der Waals surface area contributed by atoms with Crippen LogP contribution in [-0.4, -0.2) is 29.0 Å². The standard InChI is InChI=1S/C15H20N2O2S/c1-10(2)8-17-14(19)9-20-15(17)12-4-6-13(7-5-12)16-11(3)18/h4-7,10,15H,8-9H2,1-3H3,(H,16,18). The molecule has 0 saturated carbocycles. The topological polar surface area (TPSA) is 49.4 Å². The number of nitrogens with zero attached hydrogens (tertiary/aromatic N) is 1. The molecule has 1 aromatic rings. The molecule has 5 heteroatoms. The van der Waals surface area contributed by atoms with Crippen molar-refractivity contribution >= 4 is 29.3 Å². The third-order valence-corrected chi connectivity index (χ3v) is 4.30. The first-order valence-corrected chi connectivity index (χ1v) is 7.81. The van der Waals surface area contributed by atoms with Crippen LogP contribution in [0.25, 0.3) is 0 Å². The normalized spacial score (nSPS) is 18.7. The van der Waals surface area contributed by atoms with E-state index in [1.54, 1.807) is 11.8 Å². The molecule has 1 aromatic carbocycles. The summed E-state index contributed by atoms with van der Waals surface area (Å²) in [5.41, 5.74) is 1.89. The van der Waals surface area contributed by atoms with E-state index in [0.717, 1.165) is 17.8 Å². The molecule has 0 spiro atoms. The zero-order valence-electron chi connectivity index (χ0n) is 12.1. The number of benzene rings is 1. The maximum atomic E-state index is 12.0. The van der Waals surface area contributed by atoms with Gasteiger partial charge in [-0.05, 0) is 23.6 Å². The molecule has 1 unspecified atom stereocenters. The zero-order chi connectivity index (χ0) is 14.7. The number of nitrogens with one attached hydrogen (secondary N) is 1. The van der Waals surface area contributed by atoms with E-state index in [0.29, 0.717) is 11.7 Å². The van der Waals surface area contributed by atoms with E-state index in [2.05, 4.69) is 19.2 Å². The molecule has 108 valence electrons. The highest BCUT2D eigenvalue weighted by atomic mass is 32.2. The van der Waals surface area contributed by atoms with Crippen LogP contribution in [0.4, 0.5) is 5.69 Å². The van der Waals surface area contributed by atoms with Crippen LogP contribution in [0.15, 0.2) is 24.3 Å². The molecular weight excluding hydrogens is 272 g/mol. The maximum Gasteiger partial charge on any atom is 0.233 e. The lowest BCUT2D eigenvalue weighted by atomic mass is 10.1. The molecule has 1 fully saturated rings. The van der Waals surface area contributed by atoms with Crippen LogP contribution >= 0.6 is 11.8 Å². The highest BCUT2D eigenvalue weighted by Crippen LogP contribution is 2.39. The van der Waals surface area contributed by atoms with E-state index < -0.39 is 0 Å². The minimum Gasteiger partial charge on any atom is -0.326 e. The molecule has 1 atom stereocenters. The molecule has 1 heterocycles. The highest BCUT2D eigenvalue weighted by Gasteiger charge is 2.32. The summed E-state index contributed by atoms with van der Waals surface area (Å²) in [6, 6.07) is 7.73. The Balaban J connectivity index is 2.13. The van der Waals surface area contributed by atoms with Gasteiger partial charge in [0.25, 0.3) is 0 Å². The van der Waals surface area contributed by atoms with E-state index >= 15 is 0 Å². The Morgan fingerprint density at radius 2 is 2.05 bits per heavy atom. The van der Waals surface area contributed by atoms with Gasteiger partial charge in [0.2, 0.25) is 11.8 Å². The quantitative estimate of drug-likeness (QED) is 0.928. The van der Waals surface area contributed by atoms with Crippen molar-refractivity contribution < 1.29 is 9.59 Å². The van der Waals surface area contributed by atoms with Gasteiger partial charge in [-0.25, -0.2) is 0 Å². The number of hydrogen-bond acceptors (Lipinski definition) is 3. The van der Waals surface area contributed by atoms with Crippen molar-refractivity contribution in [2.45, 2.75) is 26.1 Å². The van der Waals surface area contributed by atoms with Gasteiger partial charge in [-0.2, -0.15) is 0 Å². The molecule has 20 heavy (non-hydrogen) atoms. The van der Waals surface area contributed by atoms with Gasteiger partial charge in [0, 0.05) is 19.2 Å². The lowest BCUT2D eigenvalue weighted by Crippen LogP contribution is -2.31. The third-order valence-electron chi connectivity index (χ3n) is 3.05. The van der Waals surface area contributed by atoms with Gasteiger partial charge in [0.1, 0.15) is 5.37 Å². The van der Waals surface area contributed by atoms with Crippen molar-refractivity contribution in [3.05, 3.63) is 29.8 Å². The molecule has 0 bridgehead atoms. The molecular formula is C15H20N2O2S. The fourth-order valence-corrected chi connectivity index (χ4v) is 3.45. The Hall–Kier alpha value is -1.49. The predicted octanol–water partition coefficient (Wildman–Crippen LogP) is 2.88. The molecule has 2 amide bonds. The van der Waals surface area contributed by atoms with Crippen LogP contribution in [0.3, 0.4) is 0 Å². The second kappa shape index (κ2) is 6.31. The fraction of sp³-hybridized carbons (Fsp3) is 0.467. The van der Waals surface area contributed by atoms with E-state index in [9.17, 15) is 9.59 Å². The summed E-state index contributed by atoms with van der Waals surface area (Å²) in [5.74, 6) is 1.13. The van der Waals surface area contributed by atoms with Crippen LogP contribution in [0, 0.1) is 5.92 Å².